The number of carbonyl (C=O) groups is 4. The van der Waals surface area contributed by atoms with Gasteiger partial charge in [0.25, 0.3) is 5.91 Å². The van der Waals surface area contributed by atoms with E-state index in [1.165, 1.54) is 6.07 Å². The number of rotatable bonds is 10. The minimum absolute atomic E-state index is 0.139. The Morgan fingerprint density at radius 2 is 1.23 bits per heavy atom. The molecule has 4 rings (SSSR count). The largest absolute Gasteiger partial charge is 0.479 e. The number of benzene rings is 4. The van der Waals surface area contributed by atoms with Crippen molar-refractivity contribution in [2.24, 2.45) is 0 Å². The lowest BCUT2D eigenvalue weighted by atomic mass is 10.00. The summed E-state index contributed by atoms with van der Waals surface area (Å²) in [6.07, 6.45) is 0. The van der Waals surface area contributed by atoms with Gasteiger partial charge < -0.3 is 25.0 Å². The first-order chi connectivity index (χ1) is 18.7. The van der Waals surface area contributed by atoms with Gasteiger partial charge in [-0.25, -0.2) is 14.4 Å². The molecule has 1 unspecified atom stereocenters. The summed E-state index contributed by atoms with van der Waals surface area (Å²) in [7, 11) is 0. The molecule has 0 fully saturated rings. The second-order valence-electron chi connectivity index (χ2n) is 8.51. The average Bonchev–Trinajstić information content (AvgIpc) is 2.94. The van der Waals surface area contributed by atoms with Crippen molar-refractivity contribution >= 4 is 23.8 Å². The third kappa shape index (κ3) is 6.28. The lowest BCUT2D eigenvalue weighted by Crippen LogP contribution is -2.38. The molecule has 4 aromatic rings. The minimum Gasteiger partial charge on any atom is -0.479 e. The predicted molar refractivity (Wildman–Crippen MR) is 140 cm³/mol. The fourth-order valence-electron chi connectivity index (χ4n) is 4.06. The van der Waals surface area contributed by atoms with E-state index in [-0.39, 0.29) is 12.1 Å². The molecule has 39 heavy (non-hydrogen) atoms. The van der Waals surface area contributed by atoms with Crippen LogP contribution in [-0.2, 0) is 11.3 Å². The zero-order chi connectivity index (χ0) is 27.9. The van der Waals surface area contributed by atoms with Crippen LogP contribution in [0.1, 0.15) is 48.2 Å². The number of hydrogen-bond acceptors (Lipinski definition) is 5. The molecule has 3 N–H and O–H groups in total. The molecule has 0 aliphatic heterocycles. The third-order valence-electron chi connectivity index (χ3n) is 5.90. The lowest BCUT2D eigenvalue weighted by Gasteiger charge is -2.30. The maximum atomic E-state index is 13.7. The maximum Gasteiger partial charge on any atom is 0.336 e. The van der Waals surface area contributed by atoms with E-state index in [0.29, 0.717) is 22.6 Å². The van der Waals surface area contributed by atoms with E-state index in [0.717, 1.165) is 17.0 Å². The van der Waals surface area contributed by atoms with Crippen LogP contribution in [0.5, 0.6) is 11.5 Å². The number of amides is 1. The van der Waals surface area contributed by atoms with Crippen LogP contribution in [0.2, 0.25) is 0 Å². The predicted octanol–water partition coefficient (Wildman–Crippen LogP) is 5.34. The summed E-state index contributed by atoms with van der Waals surface area (Å²) in [6, 6.07) is 25.8. The molecule has 0 spiro atoms. The number of nitrogens with zero attached hydrogens (tertiary/aromatic N) is 1. The van der Waals surface area contributed by atoms with Crippen molar-refractivity contribution in [3.8, 4) is 11.5 Å². The van der Waals surface area contributed by atoms with E-state index >= 15 is 0 Å². The number of para-hydroxylation sites is 1. The van der Waals surface area contributed by atoms with E-state index < -0.39 is 41.0 Å². The third-order valence-corrected chi connectivity index (χ3v) is 5.90. The Morgan fingerprint density at radius 3 is 1.79 bits per heavy atom. The number of carboxylic acid groups (broad SMARTS) is 3. The fourth-order valence-corrected chi connectivity index (χ4v) is 4.06. The normalized spacial score (nSPS) is 11.3. The highest BCUT2D eigenvalue weighted by atomic mass is 16.5. The quantitative estimate of drug-likeness (QED) is 0.252. The van der Waals surface area contributed by atoms with Gasteiger partial charge >= 0.3 is 17.9 Å². The van der Waals surface area contributed by atoms with E-state index in [4.69, 9.17) is 4.74 Å². The molecule has 0 saturated heterocycles. The molecule has 0 radical (unpaired) electrons. The second-order valence-corrected chi connectivity index (χ2v) is 8.51. The summed E-state index contributed by atoms with van der Waals surface area (Å²) in [5, 5.41) is 29.0. The molecule has 0 saturated carbocycles. The second kappa shape index (κ2) is 11.7. The number of carbonyl (C=O) groups excluding carboxylic acids is 1. The molecule has 1 amide bonds. The molecule has 0 aromatic heterocycles. The van der Waals surface area contributed by atoms with Crippen LogP contribution in [-0.4, -0.2) is 44.0 Å². The van der Waals surface area contributed by atoms with Gasteiger partial charge in [0.2, 0.25) is 0 Å². The van der Waals surface area contributed by atoms with Crippen LogP contribution in [0.15, 0.2) is 103 Å². The summed E-state index contributed by atoms with van der Waals surface area (Å²) in [6.45, 7) is -0.139. The van der Waals surface area contributed by atoms with Crippen molar-refractivity contribution in [2.45, 2.75) is 12.6 Å². The van der Waals surface area contributed by atoms with Crippen LogP contribution < -0.4 is 4.74 Å². The van der Waals surface area contributed by atoms with Crippen molar-refractivity contribution in [3.63, 3.8) is 0 Å². The average molecular weight is 526 g/mol. The van der Waals surface area contributed by atoms with Crippen molar-refractivity contribution < 1.29 is 39.2 Å². The van der Waals surface area contributed by atoms with E-state index in [1.54, 1.807) is 66.7 Å². The summed E-state index contributed by atoms with van der Waals surface area (Å²) in [5.74, 6) is -3.89. The zero-order valence-electron chi connectivity index (χ0n) is 20.4. The summed E-state index contributed by atoms with van der Waals surface area (Å²) in [4.78, 5) is 50.4. The highest BCUT2D eigenvalue weighted by Gasteiger charge is 2.33. The van der Waals surface area contributed by atoms with Crippen molar-refractivity contribution in [2.75, 3.05) is 0 Å². The molecule has 0 aliphatic rings. The highest BCUT2D eigenvalue weighted by molar-refractivity contribution is 6.05. The first-order valence-electron chi connectivity index (χ1n) is 11.8. The van der Waals surface area contributed by atoms with Gasteiger partial charge in [-0.2, -0.15) is 0 Å². The molecule has 9 nitrogen and oxygen atoms in total. The van der Waals surface area contributed by atoms with Gasteiger partial charge in [-0.1, -0.05) is 60.7 Å². The van der Waals surface area contributed by atoms with E-state index in [9.17, 15) is 34.5 Å². The fraction of sp³-hybridized carbons (Fsp3) is 0.0667. The lowest BCUT2D eigenvalue weighted by molar-refractivity contribution is -0.142. The molecule has 0 heterocycles. The van der Waals surface area contributed by atoms with Crippen LogP contribution in [0.4, 0.5) is 0 Å². The van der Waals surface area contributed by atoms with Crippen LogP contribution in [0, 0.1) is 0 Å². The smallest absolute Gasteiger partial charge is 0.336 e. The van der Waals surface area contributed by atoms with Crippen LogP contribution in [0.25, 0.3) is 0 Å². The standard InChI is InChI=1S/C30H23NO8/c32-27(21-13-16-24(28(33)34)25(17-21)29(35)36)31(26(30(37)38)20-7-3-1-4-8-20)18-19-11-14-23(15-12-19)39-22-9-5-2-6-10-22/h1-17,26H,18H2,(H,33,34)(H,35,36)(H,37,38). The van der Waals surface area contributed by atoms with Gasteiger partial charge in [0.1, 0.15) is 11.5 Å². The Bertz CT molecular complexity index is 1500. The maximum absolute atomic E-state index is 13.7. The number of ether oxygens (including phenoxy) is 1. The van der Waals surface area contributed by atoms with Gasteiger partial charge in [0, 0.05) is 12.1 Å². The Balaban J connectivity index is 1.71. The number of hydrogen-bond donors (Lipinski definition) is 3. The Morgan fingerprint density at radius 1 is 0.667 bits per heavy atom. The van der Waals surface area contributed by atoms with Gasteiger partial charge in [-0.05, 0) is 53.6 Å². The van der Waals surface area contributed by atoms with Crippen LogP contribution in [0.3, 0.4) is 0 Å². The molecule has 4 aromatic carbocycles. The highest BCUT2D eigenvalue weighted by Crippen LogP contribution is 2.28. The molecular weight excluding hydrogens is 502 g/mol. The van der Waals surface area contributed by atoms with Crippen molar-refractivity contribution in [3.05, 3.63) is 131 Å². The van der Waals surface area contributed by atoms with Gasteiger partial charge in [-0.15, -0.1) is 0 Å². The summed E-state index contributed by atoms with van der Waals surface area (Å²) >= 11 is 0. The Kier molecular flexibility index (Phi) is 8.01. The first kappa shape index (κ1) is 26.6. The number of carboxylic acids is 3. The summed E-state index contributed by atoms with van der Waals surface area (Å²) < 4.78 is 5.80. The SMILES string of the molecule is O=C(O)c1ccc(C(=O)N(Cc2ccc(Oc3ccccc3)cc2)C(C(=O)O)c2ccccc2)cc1C(=O)O. The Hall–Kier alpha value is -5.44. The molecule has 1 atom stereocenters. The Labute approximate surface area is 223 Å². The number of aromatic carboxylic acids is 2. The molecular formula is C30H23NO8. The van der Waals surface area contributed by atoms with Gasteiger partial charge in [0.05, 0.1) is 11.1 Å². The van der Waals surface area contributed by atoms with Gasteiger partial charge in [-0.3, -0.25) is 4.79 Å². The van der Waals surface area contributed by atoms with E-state index in [1.807, 2.05) is 18.2 Å². The first-order valence-corrected chi connectivity index (χ1v) is 11.8. The minimum atomic E-state index is -1.53. The monoisotopic (exact) mass is 525 g/mol. The molecule has 0 bridgehead atoms. The molecule has 0 aliphatic carbocycles. The molecule has 196 valence electrons. The zero-order valence-corrected chi connectivity index (χ0v) is 20.4. The summed E-state index contributed by atoms with van der Waals surface area (Å²) in [5.41, 5.74) is -0.307. The number of aliphatic carboxylic acids is 1. The topological polar surface area (TPSA) is 141 Å². The van der Waals surface area contributed by atoms with E-state index in [2.05, 4.69) is 0 Å². The van der Waals surface area contributed by atoms with Crippen molar-refractivity contribution in [1.82, 2.24) is 4.90 Å². The van der Waals surface area contributed by atoms with Crippen LogP contribution >= 0.6 is 0 Å². The van der Waals surface area contributed by atoms with Crippen molar-refractivity contribution in [1.29, 1.82) is 0 Å². The molecule has 9 heteroatoms. The van der Waals surface area contributed by atoms with Gasteiger partial charge in [0.15, 0.2) is 6.04 Å².